The van der Waals surface area contributed by atoms with Crippen molar-refractivity contribution in [3.8, 4) is 0 Å². The molecule has 0 amide bonds. The summed E-state index contributed by atoms with van der Waals surface area (Å²) in [4.78, 5) is 8.31. The van der Waals surface area contributed by atoms with Crippen LogP contribution in [0, 0.1) is 18.6 Å². The number of hydrogen-bond donors (Lipinski definition) is 2. The SMILES string of the molecule is CCCNc1cc(C)nc(Nc2c(F)cccc2F)n1. The molecule has 1 heterocycles. The van der Waals surface area contributed by atoms with Crippen molar-refractivity contribution in [2.75, 3.05) is 17.2 Å². The predicted octanol–water partition coefficient (Wildman–Crippen LogP) is 3.63. The minimum atomic E-state index is -0.682. The quantitative estimate of drug-likeness (QED) is 0.877. The Bertz CT molecular complexity index is 581. The van der Waals surface area contributed by atoms with Crippen molar-refractivity contribution in [3.05, 3.63) is 41.6 Å². The number of halogens is 2. The summed E-state index contributed by atoms with van der Waals surface area (Å²) in [5, 5.41) is 5.70. The maximum atomic E-state index is 13.6. The summed E-state index contributed by atoms with van der Waals surface area (Å²) in [6.07, 6.45) is 0.952. The first-order chi connectivity index (χ1) is 9.60. The van der Waals surface area contributed by atoms with Crippen molar-refractivity contribution in [2.45, 2.75) is 20.3 Å². The maximum Gasteiger partial charge on any atom is 0.229 e. The smallest absolute Gasteiger partial charge is 0.229 e. The van der Waals surface area contributed by atoms with Gasteiger partial charge in [0, 0.05) is 18.3 Å². The molecule has 4 nitrogen and oxygen atoms in total. The van der Waals surface area contributed by atoms with E-state index >= 15 is 0 Å². The molecule has 0 aliphatic carbocycles. The van der Waals surface area contributed by atoms with Crippen LogP contribution in [0.4, 0.5) is 26.2 Å². The molecule has 2 N–H and O–H groups in total. The highest BCUT2D eigenvalue weighted by atomic mass is 19.1. The Balaban J connectivity index is 2.27. The average molecular weight is 278 g/mol. The molecule has 0 aliphatic heterocycles. The molecule has 1 aromatic heterocycles. The first kappa shape index (κ1) is 14.2. The molecule has 0 fully saturated rings. The van der Waals surface area contributed by atoms with Crippen LogP contribution in [0.2, 0.25) is 0 Å². The highest BCUT2D eigenvalue weighted by Gasteiger charge is 2.10. The Kier molecular flexibility index (Phi) is 4.45. The number of para-hydroxylation sites is 1. The fourth-order valence-corrected chi connectivity index (χ4v) is 1.70. The van der Waals surface area contributed by atoms with Gasteiger partial charge in [0.15, 0.2) is 0 Å². The number of anilines is 3. The first-order valence-corrected chi connectivity index (χ1v) is 6.40. The van der Waals surface area contributed by atoms with Gasteiger partial charge in [-0.25, -0.2) is 13.8 Å². The van der Waals surface area contributed by atoms with Crippen LogP contribution < -0.4 is 10.6 Å². The minimum Gasteiger partial charge on any atom is -0.370 e. The molecule has 0 bridgehead atoms. The highest BCUT2D eigenvalue weighted by molar-refractivity contribution is 5.56. The second-order valence-corrected chi connectivity index (χ2v) is 4.37. The van der Waals surface area contributed by atoms with Gasteiger partial charge in [-0.05, 0) is 25.5 Å². The van der Waals surface area contributed by atoms with Gasteiger partial charge in [-0.3, -0.25) is 0 Å². The zero-order chi connectivity index (χ0) is 14.5. The summed E-state index contributed by atoms with van der Waals surface area (Å²) in [6.45, 7) is 4.60. The number of nitrogens with zero attached hydrogens (tertiary/aromatic N) is 2. The standard InChI is InChI=1S/C14H16F2N4/c1-3-7-17-12-8-9(2)18-14(19-12)20-13-10(15)5-4-6-11(13)16/h4-6,8H,3,7H2,1-2H3,(H2,17,18,19,20). The number of hydrogen-bond acceptors (Lipinski definition) is 4. The fraction of sp³-hybridized carbons (Fsp3) is 0.286. The average Bonchev–Trinajstić information content (AvgIpc) is 2.40. The second kappa shape index (κ2) is 6.27. The van der Waals surface area contributed by atoms with Gasteiger partial charge >= 0.3 is 0 Å². The molecule has 6 heteroatoms. The lowest BCUT2D eigenvalue weighted by atomic mass is 10.3. The van der Waals surface area contributed by atoms with E-state index in [1.807, 2.05) is 6.92 Å². The Hall–Kier alpha value is -2.24. The monoisotopic (exact) mass is 278 g/mol. The molecule has 0 radical (unpaired) electrons. The number of aromatic nitrogens is 2. The predicted molar refractivity (Wildman–Crippen MR) is 75.2 cm³/mol. The summed E-state index contributed by atoms with van der Waals surface area (Å²) in [5.74, 6) is -0.581. The molecule has 1 aromatic carbocycles. The van der Waals surface area contributed by atoms with Gasteiger partial charge in [0.25, 0.3) is 0 Å². The Morgan fingerprint density at radius 3 is 2.50 bits per heavy atom. The van der Waals surface area contributed by atoms with Gasteiger partial charge in [-0.15, -0.1) is 0 Å². The molecule has 20 heavy (non-hydrogen) atoms. The van der Waals surface area contributed by atoms with Crippen LogP contribution in [0.1, 0.15) is 19.0 Å². The van der Waals surface area contributed by atoms with E-state index in [0.717, 1.165) is 13.0 Å². The third-order valence-corrected chi connectivity index (χ3v) is 2.61. The Morgan fingerprint density at radius 2 is 1.85 bits per heavy atom. The number of aryl methyl sites for hydroxylation is 1. The molecule has 106 valence electrons. The third-order valence-electron chi connectivity index (χ3n) is 2.61. The van der Waals surface area contributed by atoms with E-state index in [2.05, 4.69) is 20.6 Å². The van der Waals surface area contributed by atoms with E-state index < -0.39 is 11.6 Å². The van der Waals surface area contributed by atoms with Crippen LogP contribution in [-0.4, -0.2) is 16.5 Å². The molecule has 2 rings (SSSR count). The third kappa shape index (κ3) is 3.40. The van der Waals surface area contributed by atoms with Crippen molar-refractivity contribution >= 4 is 17.5 Å². The number of nitrogens with one attached hydrogen (secondary N) is 2. The number of rotatable bonds is 5. The van der Waals surface area contributed by atoms with Crippen molar-refractivity contribution in [3.63, 3.8) is 0 Å². The molecule has 0 saturated heterocycles. The second-order valence-electron chi connectivity index (χ2n) is 4.37. The fourth-order valence-electron chi connectivity index (χ4n) is 1.70. The first-order valence-electron chi connectivity index (χ1n) is 6.40. The van der Waals surface area contributed by atoms with Crippen LogP contribution in [-0.2, 0) is 0 Å². The molecule has 0 unspecified atom stereocenters. The zero-order valence-corrected chi connectivity index (χ0v) is 11.4. The molecule has 0 atom stereocenters. The van der Waals surface area contributed by atoms with Gasteiger partial charge in [0.2, 0.25) is 5.95 Å². The lowest BCUT2D eigenvalue weighted by molar-refractivity contribution is 0.590. The lowest BCUT2D eigenvalue weighted by Gasteiger charge is -2.10. The van der Waals surface area contributed by atoms with Gasteiger partial charge in [0.1, 0.15) is 23.1 Å². The number of benzene rings is 1. The van der Waals surface area contributed by atoms with Gasteiger partial charge in [-0.1, -0.05) is 13.0 Å². The Morgan fingerprint density at radius 1 is 1.15 bits per heavy atom. The van der Waals surface area contributed by atoms with Crippen molar-refractivity contribution in [1.29, 1.82) is 0 Å². The summed E-state index contributed by atoms with van der Waals surface area (Å²) in [7, 11) is 0. The molecule has 0 spiro atoms. The van der Waals surface area contributed by atoms with Gasteiger partial charge in [-0.2, -0.15) is 4.98 Å². The summed E-state index contributed by atoms with van der Waals surface area (Å²) in [6, 6.07) is 5.44. The largest absolute Gasteiger partial charge is 0.370 e. The summed E-state index contributed by atoms with van der Waals surface area (Å²) in [5.41, 5.74) is 0.456. The summed E-state index contributed by atoms with van der Waals surface area (Å²) < 4.78 is 27.1. The van der Waals surface area contributed by atoms with E-state index in [1.165, 1.54) is 18.2 Å². The van der Waals surface area contributed by atoms with Crippen molar-refractivity contribution in [2.24, 2.45) is 0 Å². The van der Waals surface area contributed by atoms with E-state index in [1.54, 1.807) is 13.0 Å². The normalized spacial score (nSPS) is 10.4. The van der Waals surface area contributed by atoms with Gasteiger partial charge < -0.3 is 10.6 Å². The zero-order valence-electron chi connectivity index (χ0n) is 11.4. The van der Waals surface area contributed by atoms with Crippen LogP contribution in [0.5, 0.6) is 0 Å². The van der Waals surface area contributed by atoms with Crippen molar-refractivity contribution < 1.29 is 8.78 Å². The van der Waals surface area contributed by atoms with Crippen LogP contribution >= 0.6 is 0 Å². The van der Waals surface area contributed by atoms with E-state index in [4.69, 9.17) is 0 Å². The molecule has 0 aliphatic rings. The van der Waals surface area contributed by atoms with Crippen molar-refractivity contribution in [1.82, 2.24) is 9.97 Å². The van der Waals surface area contributed by atoms with E-state index in [9.17, 15) is 8.78 Å². The molecule has 2 aromatic rings. The van der Waals surface area contributed by atoms with Crippen LogP contribution in [0.25, 0.3) is 0 Å². The highest BCUT2D eigenvalue weighted by Crippen LogP contribution is 2.22. The topological polar surface area (TPSA) is 49.8 Å². The van der Waals surface area contributed by atoms with Gasteiger partial charge in [0.05, 0.1) is 0 Å². The Labute approximate surface area is 116 Å². The summed E-state index contributed by atoms with van der Waals surface area (Å²) >= 11 is 0. The lowest BCUT2D eigenvalue weighted by Crippen LogP contribution is -2.07. The van der Waals surface area contributed by atoms with Crippen LogP contribution in [0.3, 0.4) is 0 Å². The molecule has 0 saturated carbocycles. The maximum absolute atomic E-state index is 13.6. The van der Waals surface area contributed by atoms with E-state index in [-0.39, 0.29) is 11.6 Å². The van der Waals surface area contributed by atoms with E-state index in [0.29, 0.717) is 11.5 Å². The van der Waals surface area contributed by atoms with Crippen LogP contribution in [0.15, 0.2) is 24.3 Å². The molecular formula is C14H16F2N4. The minimum absolute atomic E-state index is 0.160. The molecular weight excluding hydrogens is 262 g/mol.